The van der Waals surface area contributed by atoms with Crippen molar-refractivity contribution in [3.63, 3.8) is 0 Å². The predicted molar refractivity (Wildman–Crippen MR) is 262 cm³/mol. The van der Waals surface area contributed by atoms with Crippen LogP contribution in [0.25, 0.3) is 110 Å². The minimum atomic E-state index is -0.0189. The quantitative estimate of drug-likeness (QED) is 0.148. The second-order valence-electron chi connectivity index (χ2n) is 17.3. The van der Waals surface area contributed by atoms with Gasteiger partial charge in [0, 0.05) is 27.3 Å². The van der Waals surface area contributed by atoms with Crippen LogP contribution in [0.2, 0.25) is 0 Å². The first-order chi connectivity index (χ1) is 29.9. The van der Waals surface area contributed by atoms with Crippen molar-refractivity contribution >= 4 is 43.4 Å². The zero-order valence-electron chi connectivity index (χ0n) is 34.7. The van der Waals surface area contributed by atoms with Crippen molar-refractivity contribution in [3.8, 4) is 66.8 Å². The van der Waals surface area contributed by atoms with Gasteiger partial charge >= 0.3 is 0 Å². The third-order valence-corrected chi connectivity index (χ3v) is 12.5. The zero-order chi connectivity index (χ0) is 41.1. The zero-order valence-corrected chi connectivity index (χ0v) is 34.7. The molecule has 10 aromatic carbocycles. The van der Waals surface area contributed by atoms with Gasteiger partial charge in [0.15, 0.2) is 0 Å². The Morgan fingerprint density at radius 3 is 0.951 bits per heavy atom. The molecule has 0 saturated heterocycles. The number of rotatable bonds is 6. The van der Waals surface area contributed by atoms with Gasteiger partial charge in [0.1, 0.15) is 0 Å². The van der Waals surface area contributed by atoms with E-state index in [4.69, 9.17) is 0 Å². The van der Waals surface area contributed by atoms with E-state index in [0.717, 1.165) is 0 Å². The molecule has 61 heavy (non-hydrogen) atoms. The fourth-order valence-electron chi connectivity index (χ4n) is 9.63. The van der Waals surface area contributed by atoms with Crippen molar-refractivity contribution in [2.75, 3.05) is 0 Å². The highest BCUT2D eigenvalue weighted by atomic mass is 15.0. The van der Waals surface area contributed by atoms with E-state index in [1.54, 1.807) is 0 Å². The number of hydrogen-bond donors (Lipinski definition) is 0. The third-order valence-electron chi connectivity index (χ3n) is 12.5. The van der Waals surface area contributed by atoms with Gasteiger partial charge in [-0.15, -0.1) is 0 Å². The monoisotopic (exact) mass is 779 g/mol. The largest absolute Gasteiger partial charge is 0.335 e. The highest BCUT2D eigenvalue weighted by molar-refractivity contribution is 6.21. The maximum Gasteiger partial charge on any atom is 0.0496 e. The fraction of sp³-hybridized carbons (Fsp3) is 0.0667. The predicted octanol–water partition coefficient (Wildman–Crippen LogP) is 16.9. The Balaban J connectivity index is 0.913. The number of fused-ring (bicyclic) bond motifs is 5. The Morgan fingerprint density at radius 1 is 0.246 bits per heavy atom. The molecule has 0 bridgehead atoms. The first-order valence-electron chi connectivity index (χ1n) is 21.3. The van der Waals surface area contributed by atoms with Crippen molar-refractivity contribution in [2.45, 2.75) is 26.3 Å². The molecule has 0 aliphatic rings. The van der Waals surface area contributed by atoms with Crippen LogP contribution in [0.1, 0.15) is 20.8 Å². The molecule has 0 radical (unpaired) electrons. The topological polar surface area (TPSA) is 4.93 Å². The number of benzene rings is 10. The van der Waals surface area contributed by atoms with E-state index in [-0.39, 0.29) is 5.54 Å². The Morgan fingerprint density at radius 2 is 0.541 bits per heavy atom. The molecule has 0 aliphatic carbocycles. The average Bonchev–Trinajstić information content (AvgIpc) is 3.66. The summed E-state index contributed by atoms with van der Waals surface area (Å²) >= 11 is 0. The molecule has 0 spiro atoms. The van der Waals surface area contributed by atoms with Crippen LogP contribution in [0.5, 0.6) is 0 Å². The first-order valence-corrected chi connectivity index (χ1v) is 21.3. The number of para-hydroxylation sites is 1. The van der Waals surface area contributed by atoms with Crippen LogP contribution in [-0.4, -0.2) is 4.57 Å². The van der Waals surface area contributed by atoms with Gasteiger partial charge in [-0.2, -0.15) is 0 Å². The smallest absolute Gasteiger partial charge is 0.0496 e. The second-order valence-corrected chi connectivity index (χ2v) is 17.3. The Hall–Kier alpha value is -7.48. The van der Waals surface area contributed by atoms with Gasteiger partial charge in [-0.1, -0.05) is 200 Å². The summed E-state index contributed by atoms with van der Waals surface area (Å²) in [6, 6.07) is 80.3. The lowest BCUT2D eigenvalue weighted by Crippen LogP contribution is -2.21. The van der Waals surface area contributed by atoms with E-state index < -0.39 is 0 Å². The molecule has 1 aromatic heterocycles. The molecule has 0 aliphatic heterocycles. The lowest BCUT2D eigenvalue weighted by molar-refractivity contribution is 0.423. The lowest BCUT2D eigenvalue weighted by atomic mass is 9.85. The summed E-state index contributed by atoms with van der Waals surface area (Å²) in [4.78, 5) is 0. The van der Waals surface area contributed by atoms with Crippen molar-refractivity contribution in [1.82, 2.24) is 4.57 Å². The molecule has 1 heteroatoms. The van der Waals surface area contributed by atoms with Crippen LogP contribution in [-0.2, 0) is 5.54 Å². The molecule has 0 atom stereocenters. The van der Waals surface area contributed by atoms with Gasteiger partial charge in [0.2, 0.25) is 0 Å². The molecule has 11 aromatic rings. The van der Waals surface area contributed by atoms with E-state index in [1.165, 1.54) is 110 Å². The van der Waals surface area contributed by atoms with Crippen LogP contribution in [0.4, 0.5) is 0 Å². The summed E-state index contributed by atoms with van der Waals surface area (Å²) in [5.74, 6) is 0. The molecule has 1 heterocycles. The molecule has 11 rings (SSSR count). The van der Waals surface area contributed by atoms with Crippen molar-refractivity contribution in [2.24, 2.45) is 0 Å². The number of aromatic nitrogens is 1. The van der Waals surface area contributed by atoms with E-state index >= 15 is 0 Å². The summed E-state index contributed by atoms with van der Waals surface area (Å²) in [5, 5.41) is 7.65. The lowest BCUT2D eigenvalue weighted by Gasteiger charge is -2.24. The van der Waals surface area contributed by atoms with Crippen LogP contribution in [0.15, 0.2) is 218 Å². The Kier molecular flexibility index (Phi) is 8.79. The molecular formula is C60H45N. The molecule has 0 saturated carbocycles. The molecule has 0 fully saturated rings. The van der Waals surface area contributed by atoms with Crippen LogP contribution < -0.4 is 0 Å². The molecule has 290 valence electrons. The summed E-state index contributed by atoms with van der Waals surface area (Å²) in [6.07, 6.45) is 0. The van der Waals surface area contributed by atoms with E-state index in [2.05, 4.69) is 244 Å². The highest BCUT2D eigenvalue weighted by Crippen LogP contribution is 2.44. The van der Waals surface area contributed by atoms with E-state index in [0.29, 0.717) is 0 Å². The molecular weight excluding hydrogens is 735 g/mol. The maximum atomic E-state index is 2.47. The van der Waals surface area contributed by atoms with Crippen molar-refractivity contribution < 1.29 is 0 Å². The molecule has 0 amide bonds. The van der Waals surface area contributed by atoms with Gasteiger partial charge < -0.3 is 4.57 Å². The SMILES string of the molecule is CC(C)(C)n1c2ccccc2c2cc(-c3ccc(-c4ccc(-c5c6ccccc6c(-c6ccc(-c7ccc(-c8ccccc8)cc7)cc6)c6ccccc56)cc4)cc3)ccc21. The van der Waals surface area contributed by atoms with Crippen LogP contribution in [0.3, 0.4) is 0 Å². The van der Waals surface area contributed by atoms with Gasteiger partial charge in [-0.25, -0.2) is 0 Å². The Bertz CT molecular complexity index is 3320. The summed E-state index contributed by atoms with van der Waals surface area (Å²) in [6.45, 7) is 6.85. The van der Waals surface area contributed by atoms with Gasteiger partial charge in [-0.05, 0) is 127 Å². The first kappa shape index (κ1) is 36.6. The number of hydrogen-bond acceptors (Lipinski definition) is 0. The molecule has 0 unspecified atom stereocenters. The standard InChI is InChI=1S/C60H45N/c1-60(2,3)61-56-20-12-11-15-50(56)55-39-49(37-38-57(55)61)46-27-25-43(26-28-46)45-31-35-48(36-32-45)59-53-18-9-7-16-51(53)58(52-17-8-10-19-54(52)59)47-33-29-44(30-34-47)42-23-21-41(22-24-42)40-13-5-4-6-14-40/h4-39H,1-3H3. The second kappa shape index (κ2) is 14.7. The average molecular weight is 780 g/mol. The summed E-state index contributed by atoms with van der Waals surface area (Å²) in [7, 11) is 0. The normalized spacial score (nSPS) is 11.9. The maximum absolute atomic E-state index is 2.47. The molecule has 0 N–H and O–H groups in total. The van der Waals surface area contributed by atoms with E-state index in [9.17, 15) is 0 Å². The van der Waals surface area contributed by atoms with Crippen LogP contribution >= 0.6 is 0 Å². The Labute approximate surface area is 357 Å². The third kappa shape index (κ3) is 6.42. The highest BCUT2D eigenvalue weighted by Gasteiger charge is 2.21. The van der Waals surface area contributed by atoms with Crippen molar-refractivity contribution in [1.29, 1.82) is 0 Å². The van der Waals surface area contributed by atoms with Gasteiger partial charge in [0.05, 0.1) is 0 Å². The van der Waals surface area contributed by atoms with Crippen LogP contribution in [0, 0.1) is 0 Å². The minimum absolute atomic E-state index is 0.0189. The van der Waals surface area contributed by atoms with Gasteiger partial charge in [0.25, 0.3) is 0 Å². The fourth-order valence-corrected chi connectivity index (χ4v) is 9.63. The summed E-state index contributed by atoms with van der Waals surface area (Å²) in [5.41, 5.74) is 17.3. The van der Waals surface area contributed by atoms with E-state index in [1.807, 2.05) is 0 Å². The minimum Gasteiger partial charge on any atom is -0.335 e. The van der Waals surface area contributed by atoms with Gasteiger partial charge in [-0.3, -0.25) is 0 Å². The molecule has 1 nitrogen and oxygen atoms in total. The number of nitrogens with zero attached hydrogens (tertiary/aromatic N) is 1. The van der Waals surface area contributed by atoms with Crippen molar-refractivity contribution in [3.05, 3.63) is 218 Å². The summed E-state index contributed by atoms with van der Waals surface area (Å²) < 4.78 is 2.47.